The zero-order chi connectivity index (χ0) is 23.9. The number of rotatable bonds is 9. The van der Waals surface area contributed by atoms with Crippen LogP contribution >= 0.6 is 11.8 Å². The number of aromatic nitrogens is 3. The maximum atomic E-state index is 11.4. The van der Waals surface area contributed by atoms with Crippen molar-refractivity contribution < 1.29 is 9.66 Å². The first kappa shape index (κ1) is 23.0. The van der Waals surface area contributed by atoms with Crippen LogP contribution in [0.4, 0.5) is 0 Å². The molecule has 0 aliphatic heterocycles. The molecule has 1 heterocycles. The van der Waals surface area contributed by atoms with Crippen LogP contribution in [-0.2, 0) is 6.61 Å². The lowest BCUT2D eigenvalue weighted by molar-refractivity contribution is -0.479. The highest BCUT2D eigenvalue weighted by Crippen LogP contribution is 2.36. The highest BCUT2D eigenvalue weighted by atomic mass is 32.2. The minimum atomic E-state index is -0.463. The number of nitrogens with zero attached hydrogens (tertiary/aromatic N) is 5. The summed E-state index contributed by atoms with van der Waals surface area (Å²) < 4.78 is 7.72. The van der Waals surface area contributed by atoms with Crippen LogP contribution in [0.1, 0.15) is 27.8 Å². The lowest BCUT2D eigenvalue weighted by Gasteiger charge is -2.15. The van der Waals surface area contributed by atoms with Crippen LogP contribution in [0.15, 0.2) is 84.0 Å². The monoisotopic (exact) mass is 471 g/mol. The Morgan fingerprint density at radius 2 is 1.76 bits per heavy atom. The Morgan fingerprint density at radius 3 is 2.47 bits per heavy atom. The molecular formula is C25H21N5O3S. The van der Waals surface area contributed by atoms with Crippen LogP contribution in [0, 0.1) is 28.4 Å². The molecule has 0 saturated carbocycles. The maximum absolute atomic E-state index is 11.4. The molecule has 0 N–H and O–H groups in total. The quantitative estimate of drug-likeness (QED) is 0.189. The Balaban J connectivity index is 1.53. The lowest BCUT2D eigenvalue weighted by atomic mass is 10.1. The minimum Gasteiger partial charge on any atom is -0.489 e. The van der Waals surface area contributed by atoms with Crippen LogP contribution in [0.3, 0.4) is 0 Å². The highest BCUT2D eigenvalue weighted by Gasteiger charge is 2.23. The summed E-state index contributed by atoms with van der Waals surface area (Å²) in [5.41, 5.74) is 3.05. The number of para-hydroxylation sites is 1. The van der Waals surface area contributed by atoms with Gasteiger partial charge in [0, 0.05) is 16.2 Å². The smallest absolute Gasteiger partial charge is 0.220 e. The SMILES string of the molecule is Cc1nnc(S[C@@H](C[N+](=O)[O-])c2ccc(OCc3ccccc3C#N)cc2)n1-c1ccccc1. The Morgan fingerprint density at radius 1 is 1.06 bits per heavy atom. The van der Waals surface area contributed by atoms with Crippen LogP contribution < -0.4 is 4.74 Å². The van der Waals surface area contributed by atoms with E-state index in [2.05, 4.69) is 16.3 Å². The van der Waals surface area contributed by atoms with Gasteiger partial charge in [0.1, 0.15) is 23.4 Å². The average molecular weight is 472 g/mol. The molecule has 0 unspecified atom stereocenters. The molecule has 3 aromatic carbocycles. The normalized spacial score (nSPS) is 11.5. The summed E-state index contributed by atoms with van der Waals surface area (Å²) in [5, 5.41) is 29.2. The van der Waals surface area contributed by atoms with Crippen molar-refractivity contribution in [2.45, 2.75) is 23.9 Å². The van der Waals surface area contributed by atoms with Crippen molar-refractivity contribution >= 4 is 11.8 Å². The van der Waals surface area contributed by atoms with Gasteiger partial charge in [-0.05, 0) is 42.8 Å². The molecule has 0 amide bonds. The molecule has 0 fully saturated rings. The number of nitro groups is 1. The molecule has 4 rings (SSSR count). The summed E-state index contributed by atoms with van der Waals surface area (Å²) in [5.74, 6) is 1.32. The Labute approximate surface area is 201 Å². The van der Waals surface area contributed by atoms with Crippen molar-refractivity contribution in [3.8, 4) is 17.5 Å². The molecule has 0 aliphatic carbocycles. The van der Waals surface area contributed by atoms with E-state index in [0.717, 1.165) is 16.8 Å². The zero-order valence-corrected chi connectivity index (χ0v) is 19.2. The third-order valence-corrected chi connectivity index (χ3v) is 6.34. The van der Waals surface area contributed by atoms with Crippen molar-refractivity contribution in [3.63, 3.8) is 0 Å². The van der Waals surface area contributed by atoms with Crippen molar-refractivity contribution in [2.75, 3.05) is 6.54 Å². The number of nitriles is 1. The summed E-state index contributed by atoms with van der Waals surface area (Å²) in [6.07, 6.45) is 0. The van der Waals surface area contributed by atoms with Gasteiger partial charge in [0.2, 0.25) is 6.54 Å². The first-order chi connectivity index (χ1) is 16.5. The maximum Gasteiger partial charge on any atom is 0.220 e. The van der Waals surface area contributed by atoms with Gasteiger partial charge in [0.15, 0.2) is 5.16 Å². The average Bonchev–Trinajstić information content (AvgIpc) is 3.22. The molecule has 0 bridgehead atoms. The van der Waals surface area contributed by atoms with E-state index < -0.39 is 5.25 Å². The predicted molar refractivity (Wildman–Crippen MR) is 128 cm³/mol. The van der Waals surface area contributed by atoms with Gasteiger partial charge in [-0.15, -0.1) is 10.2 Å². The zero-order valence-electron chi connectivity index (χ0n) is 18.4. The van der Waals surface area contributed by atoms with E-state index in [1.54, 1.807) is 18.2 Å². The second-order valence-electron chi connectivity index (χ2n) is 7.45. The van der Waals surface area contributed by atoms with Crippen LogP contribution in [-0.4, -0.2) is 26.2 Å². The lowest BCUT2D eigenvalue weighted by Crippen LogP contribution is -2.11. The fraction of sp³-hybridized carbons (Fsp3) is 0.160. The molecule has 0 saturated heterocycles. The summed E-state index contributed by atoms with van der Waals surface area (Å²) in [4.78, 5) is 11.1. The third-order valence-electron chi connectivity index (χ3n) is 5.16. The summed E-state index contributed by atoms with van der Waals surface area (Å²) in [6.45, 7) is 1.85. The first-order valence-corrected chi connectivity index (χ1v) is 11.4. The predicted octanol–water partition coefficient (Wildman–Crippen LogP) is 5.14. The van der Waals surface area contributed by atoms with Crippen molar-refractivity contribution in [1.82, 2.24) is 14.8 Å². The largest absolute Gasteiger partial charge is 0.489 e. The van der Waals surface area contributed by atoms with E-state index in [4.69, 9.17) is 4.74 Å². The van der Waals surface area contributed by atoms with Gasteiger partial charge in [-0.1, -0.05) is 60.3 Å². The second kappa shape index (κ2) is 10.6. The molecule has 34 heavy (non-hydrogen) atoms. The van der Waals surface area contributed by atoms with Gasteiger partial charge in [0.25, 0.3) is 0 Å². The van der Waals surface area contributed by atoms with Gasteiger partial charge in [0.05, 0.1) is 11.6 Å². The van der Waals surface area contributed by atoms with E-state index in [1.165, 1.54) is 11.8 Å². The third kappa shape index (κ3) is 5.42. The number of aryl methyl sites for hydroxylation is 1. The molecule has 1 atom stereocenters. The molecule has 0 radical (unpaired) electrons. The van der Waals surface area contributed by atoms with Crippen molar-refractivity contribution in [3.05, 3.63) is 111 Å². The molecule has 8 nitrogen and oxygen atoms in total. The standard InChI is InChI=1S/C25H21N5O3S/c1-18-27-28-25(30(18)22-9-3-2-4-10-22)34-24(16-29(31)32)19-11-13-23(14-12-19)33-17-21-8-6-5-7-20(21)15-26/h2-14,24H,16-17H2,1H3/t24-/m0/s1. The number of hydrogen-bond acceptors (Lipinski definition) is 7. The van der Waals surface area contributed by atoms with E-state index in [1.807, 2.05) is 72.2 Å². The van der Waals surface area contributed by atoms with Gasteiger partial charge in [-0.25, -0.2) is 0 Å². The van der Waals surface area contributed by atoms with Crippen LogP contribution in [0.2, 0.25) is 0 Å². The number of thioether (sulfide) groups is 1. The fourth-order valence-electron chi connectivity index (χ4n) is 3.46. The van der Waals surface area contributed by atoms with E-state index in [9.17, 15) is 15.4 Å². The second-order valence-corrected chi connectivity index (χ2v) is 8.62. The van der Waals surface area contributed by atoms with Gasteiger partial charge >= 0.3 is 0 Å². The highest BCUT2D eigenvalue weighted by molar-refractivity contribution is 7.99. The van der Waals surface area contributed by atoms with Crippen LogP contribution in [0.25, 0.3) is 5.69 Å². The topological polar surface area (TPSA) is 107 Å². The molecular weight excluding hydrogens is 450 g/mol. The van der Waals surface area contributed by atoms with Gasteiger partial charge in [-0.3, -0.25) is 14.7 Å². The van der Waals surface area contributed by atoms with Crippen molar-refractivity contribution in [2.24, 2.45) is 0 Å². The number of hydrogen-bond donors (Lipinski definition) is 0. The van der Waals surface area contributed by atoms with Gasteiger partial charge < -0.3 is 4.74 Å². The molecule has 4 aromatic rings. The minimum absolute atomic E-state index is 0.260. The molecule has 0 aliphatic rings. The number of ether oxygens (including phenoxy) is 1. The summed E-state index contributed by atoms with van der Waals surface area (Å²) in [7, 11) is 0. The Bertz CT molecular complexity index is 1320. The van der Waals surface area contributed by atoms with Crippen LogP contribution in [0.5, 0.6) is 5.75 Å². The number of benzene rings is 3. The van der Waals surface area contributed by atoms with E-state index in [0.29, 0.717) is 22.3 Å². The Hall–Kier alpha value is -4.16. The molecule has 1 aromatic heterocycles. The fourth-order valence-corrected chi connectivity index (χ4v) is 4.64. The first-order valence-electron chi connectivity index (χ1n) is 10.5. The molecule has 0 spiro atoms. The van der Waals surface area contributed by atoms with Gasteiger partial charge in [-0.2, -0.15) is 5.26 Å². The van der Waals surface area contributed by atoms with E-state index >= 15 is 0 Å². The van der Waals surface area contributed by atoms with E-state index in [-0.39, 0.29) is 18.1 Å². The summed E-state index contributed by atoms with van der Waals surface area (Å²) in [6, 6.07) is 26.3. The Kier molecular flexibility index (Phi) is 7.20. The van der Waals surface area contributed by atoms with Crippen molar-refractivity contribution in [1.29, 1.82) is 5.26 Å². The molecule has 9 heteroatoms. The molecule has 170 valence electrons. The summed E-state index contributed by atoms with van der Waals surface area (Å²) >= 11 is 1.30.